The molecule has 0 aliphatic carbocycles. The number of hydrogen-bond acceptors (Lipinski definition) is 4. The van der Waals surface area contributed by atoms with E-state index in [-0.39, 0.29) is 0 Å². The molecule has 0 spiro atoms. The van der Waals surface area contributed by atoms with Crippen molar-refractivity contribution >= 4 is 17.0 Å². The van der Waals surface area contributed by atoms with E-state index in [1.54, 1.807) is 6.33 Å². The van der Waals surface area contributed by atoms with Crippen LogP contribution in [-0.2, 0) is 6.42 Å². The summed E-state index contributed by atoms with van der Waals surface area (Å²) < 4.78 is 0. The molecule has 2 heterocycles. The molecule has 0 saturated carbocycles. The normalized spacial score (nSPS) is 10.7. The van der Waals surface area contributed by atoms with Crippen molar-refractivity contribution in [2.45, 2.75) is 20.3 Å². The number of aryl methyl sites for hydroxylation is 1. The molecule has 0 atom stereocenters. The summed E-state index contributed by atoms with van der Waals surface area (Å²) in [6, 6.07) is 0. The summed E-state index contributed by atoms with van der Waals surface area (Å²) in [5, 5.41) is 3.19. The molecule has 0 radical (unpaired) electrons. The predicted molar refractivity (Wildman–Crippen MR) is 55.2 cm³/mol. The van der Waals surface area contributed by atoms with Crippen LogP contribution in [0.1, 0.15) is 19.7 Å². The Morgan fingerprint density at radius 2 is 2.21 bits per heavy atom. The van der Waals surface area contributed by atoms with Crippen LogP contribution in [0.4, 0.5) is 5.82 Å². The van der Waals surface area contributed by atoms with Crippen molar-refractivity contribution in [1.29, 1.82) is 0 Å². The zero-order valence-electron chi connectivity index (χ0n) is 8.33. The van der Waals surface area contributed by atoms with E-state index in [2.05, 4.69) is 25.3 Å². The maximum atomic E-state index is 4.39. The monoisotopic (exact) mass is 191 g/mol. The summed E-state index contributed by atoms with van der Waals surface area (Å²) in [6.07, 6.45) is 2.46. The third-order valence-corrected chi connectivity index (χ3v) is 1.99. The lowest BCUT2D eigenvalue weighted by molar-refractivity contribution is 0.952. The Hall–Kier alpha value is -1.65. The molecular formula is C9H13N5. The van der Waals surface area contributed by atoms with Gasteiger partial charge in [-0.3, -0.25) is 0 Å². The molecule has 2 rings (SSSR count). The first-order valence-electron chi connectivity index (χ1n) is 4.79. The molecule has 2 N–H and O–H groups in total. The van der Waals surface area contributed by atoms with E-state index in [0.29, 0.717) is 0 Å². The Morgan fingerprint density at radius 1 is 1.36 bits per heavy atom. The number of fused-ring (bicyclic) bond motifs is 1. The molecule has 74 valence electrons. The molecule has 0 unspecified atom stereocenters. The molecule has 0 aliphatic rings. The van der Waals surface area contributed by atoms with Crippen LogP contribution in [0, 0.1) is 0 Å². The maximum absolute atomic E-state index is 4.39. The average molecular weight is 191 g/mol. The van der Waals surface area contributed by atoms with E-state index in [9.17, 15) is 0 Å². The first-order valence-corrected chi connectivity index (χ1v) is 4.79. The molecule has 14 heavy (non-hydrogen) atoms. The average Bonchev–Trinajstić information content (AvgIpc) is 2.66. The lowest BCUT2D eigenvalue weighted by Gasteiger charge is -2.04. The number of nitrogens with one attached hydrogen (secondary N) is 2. The molecular weight excluding hydrogens is 178 g/mol. The third kappa shape index (κ3) is 1.41. The van der Waals surface area contributed by atoms with Crippen molar-refractivity contribution in [2.24, 2.45) is 0 Å². The summed E-state index contributed by atoms with van der Waals surface area (Å²) in [5.74, 6) is 1.66. The summed E-state index contributed by atoms with van der Waals surface area (Å²) >= 11 is 0. The van der Waals surface area contributed by atoms with Gasteiger partial charge in [-0.25, -0.2) is 15.0 Å². The number of anilines is 1. The van der Waals surface area contributed by atoms with E-state index in [1.807, 2.05) is 13.8 Å². The van der Waals surface area contributed by atoms with E-state index in [0.717, 1.165) is 35.8 Å². The summed E-state index contributed by atoms with van der Waals surface area (Å²) in [5.41, 5.74) is 1.61. The van der Waals surface area contributed by atoms with Crippen molar-refractivity contribution in [3.8, 4) is 0 Å². The van der Waals surface area contributed by atoms with Gasteiger partial charge >= 0.3 is 0 Å². The second-order valence-corrected chi connectivity index (χ2v) is 2.97. The minimum absolute atomic E-state index is 0.729. The van der Waals surface area contributed by atoms with Crippen LogP contribution in [0.15, 0.2) is 6.33 Å². The van der Waals surface area contributed by atoms with Crippen molar-refractivity contribution in [1.82, 2.24) is 19.9 Å². The first kappa shape index (κ1) is 8.93. The molecule has 0 saturated heterocycles. The van der Waals surface area contributed by atoms with E-state index in [1.165, 1.54) is 0 Å². The second kappa shape index (κ2) is 3.61. The van der Waals surface area contributed by atoms with Gasteiger partial charge in [-0.1, -0.05) is 6.92 Å². The van der Waals surface area contributed by atoms with Crippen LogP contribution in [0.3, 0.4) is 0 Å². The number of aromatic nitrogens is 4. The maximum Gasteiger partial charge on any atom is 0.183 e. The van der Waals surface area contributed by atoms with Gasteiger partial charge < -0.3 is 10.3 Å². The van der Waals surface area contributed by atoms with E-state index < -0.39 is 0 Å². The smallest absolute Gasteiger partial charge is 0.183 e. The van der Waals surface area contributed by atoms with Crippen LogP contribution >= 0.6 is 0 Å². The van der Waals surface area contributed by atoms with Crippen molar-refractivity contribution in [3.63, 3.8) is 0 Å². The fraction of sp³-hybridized carbons (Fsp3) is 0.444. The number of imidazole rings is 1. The largest absolute Gasteiger partial charge is 0.368 e. The Labute approximate surface area is 82.0 Å². The number of hydrogen-bond donors (Lipinski definition) is 2. The van der Waals surface area contributed by atoms with Gasteiger partial charge in [0.05, 0.1) is 6.33 Å². The molecule has 2 aromatic heterocycles. The Balaban J connectivity index is 2.58. The summed E-state index contributed by atoms with van der Waals surface area (Å²) in [4.78, 5) is 15.8. The topological polar surface area (TPSA) is 66.5 Å². The van der Waals surface area contributed by atoms with Gasteiger partial charge in [-0.05, 0) is 6.92 Å². The molecule has 0 bridgehead atoms. The quantitative estimate of drug-likeness (QED) is 0.768. The van der Waals surface area contributed by atoms with Crippen molar-refractivity contribution in [2.75, 3.05) is 11.9 Å². The third-order valence-electron chi connectivity index (χ3n) is 1.99. The lowest BCUT2D eigenvalue weighted by atomic mass is 10.4. The Morgan fingerprint density at radius 3 is 2.93 bits per heavy atom. The Kier molecular flexibility index (Phi) is 2.30. The summed E-state index contributed by atoms with van der Waals surface area (Å²) in [7, 11) is 0. The SMILES string of the molecule is CCNc1nc(CC)nc2nc[nH]c12. The standard InChI is InChI=1S/C9H13N5/c1-3-6-13-8(10-4-2)7-9(14-6)12-5-11-7/h5H,3-4H2,1-2H3,(H2,10,11,12,13,14). The van der Waals surface area contributed by atoms with Crippen LogP contribution in [0.25, 0.3) is 11.2 Å². The highest BCUT2D eigenvalue weighted by Gasteiger charge is 2.07. The highest BCUT2D eigenvalue weighted by Crippen LogP contribution is 2.16. The van der Waals surface area contributed by atoms with Crippen LogP contribution in [0.2, 0.25) is 0 Å². The zero-order valence-corrected chi connectivity index (χ0v) is 8.33. The molecule has 2 aromatic rings. The molecule has 0 aromatic carbocycles. The van der Waals surface area contributed by atoms with Gasteiger partial charge in [0.2, 0.25) is 0 Å². The van der Waals surface area contributed by atoms with Crippen LogP contribution in [0.5, 0.6) is 0 Å². The second-order valence-electron chi connectivity index (χ2n) is 2.97. The number of nitrogens with zero attached hydrogens (tertiary/aromatic N) is 3. The number of aromatic amines is 1. The molecule has 0 fully saturated rings. The highest BCUT2D eigenvalue weighted by molar-refractivity contribution is 5.82. The molecule has 0 aliphatic heterocycles. The van der Waals surface area contributed by atoms with E-state index in [4.69, 9.17) is 0 Å². The Bertz CT molecular complexity index is 434. The lowest BCUT2D eigenvalue weighted by Crippen LogP contribution is -2.04. The van der Waals surface area contributed by atoms with E-state index >= 15 is 0 Å². The minimum Gasteiger partial charge on any atom is -0.368 e. The minimum atomic E-state index is 0.729. The van der Waals surface area contributed by atoms with Gasteiger partial charge in [0.1, 0.15) is 11.3 Å². The molecule has 5 nitrogen and oxygen atoms in total. The van der Waals surface area contributed by atoms with Gasteiger partial charge in [-0.15, -0.1) is 0 Å². The van der Waals surface area contributed by atoms with Crippen molar-refractivity contribution < 1.29 is 0 Å². The number of H-pyrrole nitrogens is 1. The first-order chi connectivity index (χ1) is 6.85. The molecule has 0 amide bonds. The molecule has 5 heteroatoms. The summed E-state index contributed by atoms with van der Waals surface area (Å²) in [6.45, 7) is 4.91. The van der Waals surface area contributed by atoms with Gasteiger partial charge in [-0.2, -0.15) is 0 Å². The van der Waals surface area contributed by atoms with Gasteiger partial charge in [0.25, 0.3) is 0 Å². The number of rotatable bonds is 3. The predicted octanol–water partition coefficient (Wildman–Crippen LogP) is 1.35. The van der Waals surface area contributed by atoms with Crippen LogP contribution < -0.4 is 5.32 Å². The fourth-order valence-electron chi connectivity index (χ4n) is 1.33. The van der Waals surface area contributed by atoms with Gasteiger partial charge in [0, 0.05) is 13.0 Å². The van der Waals surface area contributed by atoms with Crippen LogP contribution in [-0.4, -0.2) is 26.5 Å². The zero-order chi connectivity index (χ0) is 9.97. The van der Waals surface area contributed by atoms with Gasteiger partial charge in [0.15, 0.2) is 11.5 Å². The fourth-order valence-corrected chi connectivity index (χ4v) is 1.33. The highest BCUT2D eigenvalue weighted by atomic mass is 15.1. The van der Waals surface area contributed by atoms with Crippen molar-refractivity contribution in [3.05, 3.63) is 12.2 Å².